The summed E-state index contributed by atoms with van der Waals surface area (Å²) in [7, 11) is -3.50. The molecule has 0 amide bonds. The van der Waals surface area contributed by atoms with Crippen LogP contribution in [0.15, 0.2) is 10.3 Å². The lowest BCUT2D eigenvalue weighted by Gasteiger charge is -1.99. The molecule has 1 aromatic heterocycles. The van der Waals surface area contributed by atoms with Gasteiger partial charge in [-0.1, -0.05) is 0 Å². The second-order valence-corrected chi connectivity index (χ2v) is 5.37. The second kappa shape index (κ2) is 3.36. The van der Waals surface area contributed by atoms with E-state index in [0.717, 1.165) is 0 Å². The predicted octanol–water partition coefficient (Wildman–Crippen LogP) is 0.936. The molecule has 0 spiro atoms. The molecule has 0 aromatic carbocycles. The molecule has 1 rings (SSSR count). The molecule has 70 valence electrons. The van der Waals surface area contributed by atoms with E-state index in [1.54, 1.807) is 18.4 Å². The Kier molecular flexibility index (Phi) is 2.59. The first-order chi connectivity index (χ1) is 5.99. The molecule has 2 N–H and O–H groups in total. The van der Waals surface area contributed by atoms with Crippen molar-refractivity contribution in [2.24, 2.45) is 0 Å². The van der Waals surface area contributed by atoms with E-state index in [2.05, 4.69) is 0 Å². The maximum absolute atomic E-state index is 11.4. The third-order valence-electron chi connectivity index (χ3n) is 1.51. The lowest BCUT2D eigenvalue weighted by atomic mass is 10.4. The molecule has 13 heavy (non-hydrogen) atoms. The fraction of sp³-hybridized carbons (Fsp3) is 0.286. The highest BCUT2D eigenvalue weighted by molar-refractivity contribution is 7.92. The predicted molar refractivity (Wildman–Crippen MR) is 51.1 cm³/mol. The minimum Gasteiger partial charge on any atom is -0.390 e. The molecule has 0 aliphatic carbocycles. The van der Waals surface area contributed by atoms with Crippen LogP contribution in [0.5, 0.6) is 0 Å². The average molecular weight is 216 g/mol. The molecule has 1 aromatic rings. The van der Waals surface area contributed by atoms with E-state index >= 15 is 0 Å². The van der Waals surface area contributed by atoms with E-state index in [-0.39, 0.29) is 9.90 Å². The Bertz CT molecular complexity index is 434. The zero-order valence-corrected chi connectivity index (χ0v) is 8.58. The molecular weight excluding hydrogens is 208 g/mol. The van der Waals surface area contributed by atoms with Gasteiger partial charge in [-0.15, -0.1) is 11.3 Å². The quantitative estimate of drug-likeness (QED) is 0.797. The van der Waals surface area contributed by atoms with Crippen molar-refractivity contribution in [3.8, 4) is 6.07 Å². The van der Waals surface area contributed by atoms with Crippen molar-refractivity contribution >= 4 is 26.2 Å². The average Bonchev–Trinajstić information content (AvgIpc) is 2.31. The van der Waals surface area contributed by atoms with Gasteiger partial charge >= 0.3 is 0 Å². The van der Waals surface area contributed by atoms with Crippen LogP contribution in [0.3, 0.4) is 0 Å². The molecule has 0 fully saturated rings. The summed E-state index contributed by atoms with van der Waals surface area (Å²) >= 11 is 1.17. The third-order valence-corrected chi connectivity index (χ3v) is 4.24. The Balaban J connectivity index is 3.31. The van der Waals surface area contributed by atoms with Gasteiger partial charge in [-0.25, -0.2) is 8.42 Å². The molecule has 0 radical (unpaired) electrons. The fourth-order valence-corrected chi connectivity index (χ4v) is 3.47. The lowest BCUT2D eigenvalue weighted by molar-refractivity contribution is 0.599. The van der Waals surface area contributed by atoms with Gasteiger partial charge in [0.05, 0.1) is 6.07 Å². The van der Waals surface area contributed by atoms with Crippen molar-refractivity contribution in [2.75, 3.05) is 11.5 Å². The van der Waals surface area contributed by atoms with Crippen molar-refractivity contribution in [3.05, 3.63) is 10.9 Å². The van der Waals surface area contributed by atoms with Crippen molar-refractivity contribution < 1.29 is 8.42 Å². The summed E-state index contributed by atoms with van der Waals surface area (Å²) in [6.45, 7) is 1.66. The molecule has 4 nitrogen and oxygen atoms in total. The molecule has 0 unspecified atom stereocenters. The summed E-state index contributed by atoms with van der Waals surface area (Å²) in [5.41, 5.74) is 6.10. The van der Waals surface area contributed by atoms with Crippen LogP contribution in [0.2, 0.25) is 0 Å². The summed E-state index contributed by atoms with van der Waals surface area (Å²) in [6, 6.07) is 1.61. The van der Waals surface area contributed by atoms with E-state index in [4.69, 9.17) is 11.0 Å². The number of nitrogens with two attached hydrogens (primary N) is 1. The van der Waals surface area contributed by atoms with Gasteiger partial charge in [-0.2, -0.15) is 5.26 Å². The minimum absolute atomic E-state index is 0.110. The summed E-state index contributed by atoms with van der Waals surface area (Å²) < 4.78 is 22.9. The van der Waals surface area contributed by atoms with Crippen molar-refractivity contribution in [3.63, 3.8) is 0 Å². The number of nitrogens with zero attached hydrogens (tertiary/aromatic N) is 1. The Hall–Kier alpha value is -1.06. The number of hydrogen-bond donors (Lipinski definition) is 1. The first-order valence-corrected chi connectivity index (χ1v) is 5.95. The van der Waals surface area contributed by atoms with E-state index in [0.29, 0.717) is 5.56 Å². The molecule has 6 heteroatoms. The van der Waals surface area contributed by atoms with Crippen LogP contribution in [-0.4, -0.2) is 14.2 Å². The Morgan fingerprint density at radius 2 is 2.31 bits per heavy atom. The SMILES string of the molecule is Cc1csc(N)c1S(=O)(=O)CC#N. The molecule has 1 heterocycles. The van der Waals surface area contributed by atoms with Gasteiger partial charge in [0.2, 0.25) is 0 Å². The van der Waals surface area contributed by atoms with Crippen molar-refractivity contribution in [2.45, 2.75) is 11.8 Å². The van der Waals surface area contributed by atoms with Crippen LogP contribution in [0.1, 0.15) is 5.56 Å². The zero-order valence-electron chi connectivity index (χ0n) is 6.94. The van der Waals surface area contributed by atoms with E-state index in [1.807, 2.05) is 0 Å². The highest BCUT2D eigenvalue weighted by Gasteiger charge is 2.21. The Morgan fingerprint density at radius 3 is 2.69 bits per heavy atom. The zero-order chi connectivity index (χ0) is 10.1. The topological polar surface area (TPSA) is 84.0 Å². The maximum atomic E-state index is 11.4. The van der Waals surface area contributed by atoms with Crippen LogP contribution >= 0.6 is 11.3 Å². The van der Waals surface area contributed by atoms with Gasteiger partial charge in [-0.3, -0.25) is 0 Å². The number of aryl methyl sites for hydroxylation is 1. The van der Waals surface area contributed by atoms with E-state index in [9.17, 15) is 8.42 Å². The molecule has 0 aliphatic heterocycles. The van der Waals surface area contributed by atoms with Crippen molar-refractivity contribution in [1.82, 2.24) is 0 Å². The van der Waals surface area contributed by atoms with Gasteiger partial charge in [0, 0.05) is 0 Å². The number of sulfone groups is 1. The first kappa shape index (κ1) is 10.0. The van der Waals surface area contributed by atoms with Crippen LogP contribution in [0, 0.1) is 18.3 Å². The van der Waals surface area contributed by atoms with Gasteiger partial charge in [-0.05, 0) is 17.9 Å². The standard InChI is InChI=1S/C7H8N2O2S2/c1-5-4-12-7(9)6(5)13(10,11)3-2-8/h4H,3,9H2,1H3. The van der Waals surface area contributed by atoms with Crippen LogP contribution in [0.4, 0.5) is 5.00 Å². The molecule has 0 saturated carbocycles. The minimum atomic E-state index is -3.50. The Morgan fingerprint density at radius 1 is 1.69 bits per heavy atom. The largest absolute Gasteiger partial charge is 0.390 e. The number of nitriles is 1. The number of thiophene rings is 1. The summed E-state index contributed by atoms with van der Waals surface area (Å²) in [5, 5.41) is 10.2. The number of rotatable bonds is 2. The molecule has 0 bridgehead atoms. The highest BCUT2D eigenvalue weighted by atomic mass is 32.2. The molecule has 0 atom stereocenters. The summed E-state index contributed by atoms with van der Waals surface area (Å²) in [4.78, 5) is 0.110. The maximum Gasteiger partial charge on any atom is 0.194 e. The monoisotopic (exact) mass is 216 g/mol. The van der Waals surface area contributed by atoms with Gasteiger partial charge < -0.3 is 5.73 Å². The van der Waals surface area contributed by atoms with Crippen LogP contribution in [-0.2, 0) is 9.84 Å². The van der Waals surface area contributed by atoms with Gasteiger partial charge in [0.15, 0.2) is 9.84 Å². The van der Waals surface area contributed by atoms with Crippen molar-refractivity contribution in [1.29, 1.82) is 5.26 Å². The molecular formula is C7H8N2O2S2. The summed E-state index contributed by atoms with van der Waals surface area (Å²) in [6.07, 6.45) is 0. The van der Waals surface area contributed by atoms with E-state index < -0.39 is 15.6 Å². The lowest BCUT2D eigenvalue weighted by Crippen LogP contribution is -2.07. The number of nitrogen functional groups attached to an aromatic ring is 1. The normalized spacial score (nSPS) is 11.1. The van der Waals surface area contributed by atoms with E-state index in [1.165, 1.54) is 11.3 Å². The number of hydrogen-bond acceptors (Lipinski definition) is 5. The van der Waals surface area contributed by atoms with Crippen LogP contribution in [0.25, 0.3) is 0 Å². The van der Waals surface area contributed by atoms with Gasteiger partial charge in [0.25, 0.3) is 0 Å². The second-order valence-electron chi connectivity index (χ2n) is 2.53. The highest BCUT2D eigenvalue weighted by Crippen LogP contribution is 2.29. The Labute approximate surface area is 80.5 Å². The smallest absolute Gasteiger partial charge is 0.194 e. The first-order valence-electron chi connectivity index (χ1n) is 3.42. The number of anilines is 1. The summed E-state index contributed by atoms with van der Waals surface area (Å²) in [5.74, 6) is -0.519. The van der Waals surface area contributed by atoms with Crippen LogP contribution < -0.4 is 5.73 Å². The van der Waals surface area contributed by atoms with Gasteiger partial charge in [0.1, 0.15) is 15.6 Å². The molecule has 0 saturated heterocycles. The third kappa shape index (κ3) is 1.82. The molecule has 0 aliphatic rings. The fourth-order valence-electron chi connectivity index (χ4n) is 1.01.